The van der Waals surface area contributed by atoms with Gasteiger partial charge in [0, 0.05) is 90.3 Å². The number of aryl methyl sites for hydroxylation is 3. The Morgan fingerprint density at radius 1 is 0.914 bits per heavy atom. The summed E-state index contributed by atoms with van der Waals surface area (Å²) in [6.45, 7) is 3.33. The highest BCUT2D eigenvalue weighted by molar-refractivity contribution is 6.05. The van der Waals surface area contributed by atoms with Crippen LogP contribution in [0.3, 0.4) is 0 Å². The first-order chi connectivity index (χ1) is 27.9. The number of methoxy groups -OCH3 is 1. The van der Waals surface area contributed by atoms with Crippen LogP contribution in [0.5, 0.6) is 5.75 Å². The summed E-state index contributed by atoms with van der Waals surface area (Å²) in [7, 11) is 3.28. The van der Waals surface area contributed by atoms with E-state index in [1.54, 1.807) is 50.0 Å². The molecule has 0 spiro atoms. The molecule has 4 aliphatic rings. The molecule has 2 aromatic heterocycles. The zero-order chi connectivity index (χ0) is 40.6. The van der Waals surface area contributed by atoms with Gasteiger partial charge in [0.1, 0.15) is 11.8 Å². The number of halogens is 3. The van der Waals surface area contributed by atoms with Crippen molar-refractivity contribution in [3.05, 3.63) is 98.8 Å². The van der Waals surface area contributed by atoms with Gasteiger partial charge < -0.3 is 24.0 Å². The van der Waals surface area contributed by atoms with Crippen molar-refractivity contribution in [3.8, 4) is 16.9 Å². The molecule has 2 fully saturated rings. The minimum atomic E-state index is -2.76. The third-order valence-corrected chi connectivity index (χ3v) is 12.3. The molecule has 4 aliphatic heterocycles. The summed E-state index contributed by atoms with van der Waals surface area (Å²) < 4.78 is 55.1. The van der Waals surface area contributed by atoms with Crippen LogP contribution in [-0.4, -0.2) is 69.8 Å². The fourth-order valence-electron chi connectivity index (χ4n) is 9.23. The van der Waals surface area contributed by atoms with Crippen LogP contribution < -0.4 is 25.4 Å². The normalized spacial score (nSPS) is 18.6. The van der Waals surface area contributed by atoms with Gasteiger partial charge in [-0.3, -0.25) is 29.2 Å². The molecule has 0 aliphatic carbocycles. The molecule has 300 valence electrons. The van der Waals surface area contributed by atoms with Crippen molar-refractivity contribution >= 4 is 45.7 Å². The number of aromatic nitrogens is 3. The van der Waals surface area contributed by atoms with Gasteiger partial charge in [0.2, 0.25) is 11.8 Å². The molecule has 1 atom stereocenters. The summed E-state index contributed by atoms with van der Waals surface area (Å²) in [6, 6.07) is 11.3. The second kappa shape index (κ2) is 14.4. The molecule has 9 rings (SSSR count). The lowest BCUT2D eigenvalue weighted by atomic mass is 9.92. The van der Waals surface area contributed by atoms with Crippen molar-refractivity contribution in [2.24, 2.45) is 7.05 Å². The number of nitrogens with zero attached hydrogens (tertiary/aromatic N) is 6. The van der Waals surface area contributed by atoms with Crippen molar-refractivity contribution in [3.63, 3.8) is 0 Å². The molecular weight excluding hydrogens is 752 g/mol. The van der Waals surface area contributed by atoms with E-state index in [0.29, 0.717) is 78.2 Å². The number of fused-ring (bicyclic) bond motifs is 3. The first-order valence-electron chi connectivity index (χ1n) is 19.6. The van der Waals surface area contributed by atoms with E-state index in [-0.39, 0.29) is 53.6 Å². The highest BCUT2D eigenvalue weighted by atomic mass is 19.3. The number of hydrogen-bond donors (Lipinski definition) is 1. The standard InChI is InChI=1S/C43H42F3N7O5/c1-23-15-31-36(49(2)42(23)56)17-27(58-3)18-37(31)51-12-4-5-24-16-29(30(40(45)46)19-35(24)51)25-20-47-53(21-25)26-10-13-50(14-11-26)33-7-6-28-32(39(33)44)22-52(43(28)57)34-8-9-38(54)48-41(34)55/h6-7,15-21,26,34,40H,4-5,8-14,22H2,1-3H3,(H,48,54,55). The molecule has 3 aromatic carbocycles. The van der Waals surface area contributed by atoms with Gasteiger partial charge in [-0.2, -0.15) is 5.10 Å². The quantitative estimate of drug-likeness (QED) is 0.186. The van der Waals surface area contributed by atoms with E-state index in [1.165, 1.54) is 4.90 Å². The first-order valence-corrected chi connectivity index (χ1v) is 19.6. The van der Waals surface area contributed by atoms with E-state index >= 15 is 4.39 Å². The molecule has 5 aromatic rings. The van der Waals surface area contributed by atoms with E-state index in [1.807, 2.05) is 40.0 Å². The van der Waals surface area contributed by atoms with Gasteiger partial charge in [0.15, 0.2) is 5.82 Å². The zero-order valence-corrected chi connectivity index (χ0v) is 32.4. The van der Waals surface area contributed by atoms with E-state index in [4.69, 9.17) is 4.74 Å². The summed E-state index contributed by atoms with van der Waals surface area (Å²) in [5, 5.41) is 7.73. The Bertz CT molecular complexity index is 2600. The molecule has 1 unspecified atom stereocenters. The largest absolute Gasteiger partial charge is 0.497 e. The Morgan fingerprint density at radius 2 is 1.71 bits per heavy atom. The Morgan fingerprint density at radius 3 is 2.45 bits per heavy atom. The van der Waals surface area contributed by atoms with Gasteiger partial charge in [-0.25, -0.2) is 13.2 Å². The lowest BCUT2D eigenvalue weighted by Crippen LogP contribution is -2.52. The van der Waals surface area contributed by atoms with Crippen molar-refractivity contribution in [1.82, 2.24) is 24.6 Å². The van der Waals surface area contributed by atoms with Crippen LogP contribution in [-0.2, 0) is 29.6 Å². The van der Waals surface area contributed by atoms with E-state index < -0.39 is 30.1 Å². The van der Waals surface area contributed by atoms with Crippen LogP contribution in [0.2, 0.25) is 0 Å². The van der Waals surface area contributed by atoms with Crippen LogP contribution in [0, 0.1) is 12.7 Å². The number of anilines is 3. The number of hydrogen-bond acceptors (Lipinski definition) is 8. The minimum Gasteiger partial charge on any atom is -0.497 e. The summed E-state index contributed by atoms with van der Waals surface area (Å²) in [5.41, 5.74) is 5.32. The Kier molecular flexibility index (Phi) is 9.28. The molecule has 0 saturated carbocycles. The number of benzene rings is 3. The number of amides is 3. The topological polar surface area (TPSA) is 122 Å². The van der Waals surface area contributed by atoms with Crippen LogP contribution in [0.15, 0.2) is 59.7 Å². The lowest BCUT2D eigenvalue weighted by Gasteiger charge is -2.34. The van der Waals surface area contributed by atoms with Crippen LogP contribution in [0.25, 0.3) is 22.0 Å². The van der Waals surface area contributed by atoms with Gasteiger partial charge in [0.25, 0.3) is 17.9 Å². The van der Waals surface area contributed by atoms with Gasteiger partial charge in [-0.15, -0.1) is 0 Å². The number of imide groups is 1. The maximum absolute atomic E-state index is 16.1. The van der Waals surface area contributed by atoms with Gasteiger partial charge in [0.05, 0.1) is 42.8 Å². The molecule has 58 heavy (non-hydrogen) atoms. The SMILES string of the molecule is COc1cc(N2CCCc3cc(-c4cnn(C5CCN(c6ccc7c(c6F)CN(C6CCC(=O)NC6=O)C7=O)CC5)c4)c(C(F)F)cc32)c2cc(C)c(=O)n(C)c2c1. The number of carbonyl (C=O) groups is 3. The number of ether oxygens (including phenoxy) is 1. The molecular formula is C43H42F3N7O5. The highest BCUT2D eigenvalue weighted by Crippen LogP contribution is 2.44. The van der Waals surface area contributed by atoms with Gasteiger partial charge in [-0.1, -0.05) is 0 Å². The molecule has 15 heteroatoms. The maximum Gasteiger partial charge on any atom is 0.264 e. The smallest absolute Gasteiger partial charge is 0.264 e. The molecule has 1 N–H and O–H groups in total. The predicted molar refractivity (Wildman–Crippen MR) is 211 cm³/mol. The predicted octanol–water partition coefficient (Wildman–Crippen LogP) is 6.48. The highest BCUT2D eigenvalue weighted by Gasteiger charge is 2.41. The van der Waals surface area contributed by atoms with Crippen molar-refractivity contribution in [2.75, 3.05) is 36.5 Å². The van der Waals surface area contributed by atoms with Gasteiger partial charge >= 0.3 is 0 Å². The summed E-state index contributed by atoms with van der Waals surface area (Å²) in [6.07, 6.45) is 3.75. The van der Waals surface area contributed by atoms with E-state index in [9.17, 15) is 28.0 Å². The summed E-state index contributed by atoms with van der Waals surface area (Å²) >= 11 is 0. The first kappa shape index (κ1) is 37.5. The fourth-order valence-corrected chi connectivity index (χ4v) is 9.23. The number of carbonyl (C=O) groups excluding carboxylic acids is 3. The Balaban J connectivity index is 0.950. The molecule has 0 bridgehead atoms. The third-order valence-electron chi connectivity index (χ3n) is 12.3. The molecule has 6 heterocycles. The molecule has 2 saturated heterocycles. The average Bonchev–Trinajstić information content (AvgIpc) is 3.85. The summed E-state index contributed by atoms with van der Waals surface area (Å²) in [4.78, 5) is 55.5. The lowest BCUT2D eigenvalue weighted by molar-refractivity contribution is -0.136. The molecule has 0 radical (unpaired) electrons. The Labute approximate surface area is 331 Å². The monoisotopic (exact) mass is 793 g/mol. The van der Waals surface area contributed by atoms with Gasteiger partial charge in [-0.05, 0) is 80.5 Å². The third kappa shape index (κ3) is 6.18. The van der Waals surface area contributed by atoms with Crippen molar-refractivity contribution in [1.29, 1.82) is 0 Å². The number of nitrogens with one attached hydrogen (secondary N) is 1. The average molecular weight is 794 g/mol. The molecule has 3 amide bonds. The minimum absolute atomic E-state index is 0.0454. The van der Waals surface area contributed by atoms with Crippen molar-refractivity contribution < 1.29 is 32.3 Å². The summed E-state index contributed by atoms with van der Waals surface area (Å²) in [5.74, 6) is -1.29. The van der Waals surface area contributed by atoms with E-state index in [2.05, 4.69) is 15.3 Å². The Hall–Kier alpha value is -6.12. The number of rotatable bonds is 7. The van der Waals surface area contributed by atoms with Crippen LogP contribution in [0.4, 0.5) is 30.2 Å². The number of pyridine rings is 1. The van der Waals surface area contributed by atoms with Crippen LogP contribution in [0.1, 0.15) is 77.2 Å². The second-order valence-electron chi connectivity index (χ2n) is 15.6. The van der Waals surface area contributed by atoms with Crippen LogP contribution >= 0.6 is 0 Å². The van der Waals surface area contributed by atoms with Crippen molar-refractivity contribution in [2.45, 2.75) is 70.5 Å². The maximum atomic E-state index is 16.1. The van der Waals surface area contributed by atoms with E-state index in [0.717, 1.165) is 23.1 Å². The fraction of sp³-hybridized carbons (Fsp3) is 0.372. The number of alkyl halides is 2. The molecule has 12 nitrogen and oxygen atoms in total. The zero-order valence-electron chi connectivity index (χ0n) is 32.4. The second-order valence-corrected chi connectivity index (χ2v) is 15.6. The number of piperidine rings is 2.